The number of carbonyl (C=O) groups excluding carboxylic acids is 2. The number of nitrogens with one attached hydrogen (secondary N) is 2. The smallest absolute Gasteiger partial charge is 0.350 e. The summed E-state index contributed by atoms with van der Waals surface area (Å²) >= 11 is 7.28. The first kappa shape index (κ1) is 18.7. The third-order valence-corrected chi connectivity index (χ3v) is 5.54. The third kappa shape index (κ3) is 3.68. The number of ether oxygens (including phenoxy) is 1. The minimum atomic E-state index is -0.347. The molecule has 2 aromatic rings. The van der Waals surface area contributed by atoms with E-state index in [-0.39, 0.29) is 23.7 Å². The lowest BCUT2D eigenvalue weighted by atomic mass is 10.1. The number of nitrogens with zero attached hydrogens (tertiary/aromatic N) is 3. The Kier molecular flexibility index (Phi) is 5.47. The molecule has 1 amide bonds. The Balaban J connectivity index is 1.56. The van der Waals surface area contributed by atoms with Gasteiger partial charge in [-0.15, -0.1) is 0 Å². The second-order valence-electron chi connectivity index (χ2n) is 5.92. The van der Waals surface area contributed by atoms with Gasteiger partial charge in [0.15, 0.2) is 16.1 Å². The van der Waals surface area contributed by atoms with Crippen molar-refractivity contribution in [2.75, 3.05) is 24.6 Å². The number of aromatic amines is 1. The molecule has 1 saturated heterocycles. The Morgan fingerprint density at radius 3 is 2.73 bits per heavy atom. The van der Waals surface area contributed by atoms with Crippen LogP contribution in [-0.4, -0.2) is 52.6 Å². The van der Waals surface area contributed by atoms with Crippen LogP contribution in [0.2, 0.25) is 5.15 Å². The maximum Gasteiger partial charge on any atom is 0.350 e. The summed E-state index contributed by atoms with van der Waals surface area (Å²) < 4.78 is 5.03. The van der Waals surface area contributed by atoms with Crippen LogP contribution in [0.25, 0.3) is 0 Å². The predicted octanol–water partition coefficient (Wildman–Crippen LogP) is 2.19. The summed E-state index contributed by atoms with van der Waals surface area (Å²) in [5.74, 6) is -0.403. The minimum Gasteiger partial charge on any atom is -0.462 e. The highest BCUT2D eigenvalue weighted by atomic mass is 35.5. The Morgan fingerprint density at radius 2 is 2.12 bits per heavy atom. The first-order chi connectivity index (χ1) is 12.4. The average molecular weight is 398 g/mol. The van der Waals surface area contributed by atoms with Crippen LogP contribution in [0.4, 0.5) is 5.13 Å². The Bertz CT molecular complexity index is 828. The molecule has 1 aliphatic heterocycles. The lowest BCUT2D eigenvalue weighted by Gasteiger charge is -2.39. The molecule has 3 rings (SSSR count). The number of rotatable bonds is 6. The van der Waals surface area contributed by atoms with Gasteiger partial charge in [-0.25, -0.2) is 14.8 Å². The summed E-state index contributed by atoms with van der Waals surface area (Å²) in [5, 5.41) is 4.00. The zero-order valence-corrected chi connectivity index (χ0v) is 16.3. The van der Waals surface area contributed by atoms with Crippen molar-refractivity contribution in [1.29, 1.82) is 0 Å². The van der Waals surface area contributed by atoms with Crippen molar-refractivity contribution < 1.29 is 14.3 Å². The number of carbonyl (C=O) groups is 2. The van der Waals surface area contributed by atoms with E-state index < -0.39 is 0 Å². The van der Waals surface area contributed by atoms with Gasteiger partial charge in [-0.2, -0.15) is 0 Å². The summed E-state index contributed by atoms with van der Waals surface area (Å²) in [6.07, 6.45) is 0.683. The number of anilines is 1. The summed E-state index contributed by atoms with van der Waals surface area (Å²) in [6.45, 7) is 7.07. The van der Waals surface area contributed by atoms with Gasteiger partial charge in [-0.05, 0) is 20.3 Å². The number of imidazole rings is 1. The van der Waals surface area contributed by atoms with E-state index in [9.17, 15) is 9.59 Å². The molecule has 140 valence electrons. The van der Waals surface area contributed by atoms with E-state index in [0.717, 1.165) is 10.8 Å². The predicted molar refractivity (Wildman–Crippen MR) is 99.3 cm³/mol. The topological polar surface area (TPSA) is 100 Å². The molecule has 0 radical (unpaired) electrons. The van der Waals surface area contributed by atoms with E-state index in [1.807, 2.05) is 11.8 Å². The zero-order chi connectivity index (χ0) is 18.8. The molecule has 2 N–H and O–H groups in total. The Morgan fingerprint density at radius 1 is 1.38 bits per heavy atom. The quantitative estimate of drug-likeness (QED) is 0.724. The molecular weight excluding hydrogens is 378 g/mol. The molecule has 0 atom stereocenters. The molecule has 8 nitrogen and oxygen atoms in total. The summed E-state index contributed by atoms with van der Waals surface area (Å²) in [4.78, 5) is 38.1. The van der Waals surface area contributed by atoms with Crippen LogP contribution in [0, 0.1) is 6.92 Å². The first-order valence-electron chi connectivity index (χ1n) is 8.37. The van der Waals surface area contributed by atoms with Crippen LogP contribution in [0.15, 0.2) is 0 Å². The monoisotopic (exact) mass is 397 g/mol. The third-order valence-electron chi connectivity index (χ3n) is 4.03. The number of thiazole rings is 1. The molecular formula is C16H20ClN5O3S. The number of hydrogen-bond acceptors (Lipinski definition) is 7. The molecule has 0 spiro atoms. The van der Waals surface area contributed by atoms with Crippen LogP contribution < -0.4 is 10.2 Å². The number of halogens is 1. The largest absolute Gasteiger partial charge is 0.462 e. The van der Waals surface area contributed by atoms with Gasteiger partial charge < -0.3 is 19.9 Å². The van der Waals surface area contributed by atoms with Crippen LogP contribution in [0.1, 0.15) is 45.5 Å². The summed E-state index contributed by atoms with van der Waals surface area (Å²) in [5.41, 5.74) is 1.41. The summed E-state index contributed by atoms with van der Waals surface area (Å²) in [6, 6.07) is -0.00768. The fourth-order valence-corrected chi connectivity index (χ4v) is 3.86. The fourth-order valence-electron chi connectivity index (χ4n) is 2.61. The average Bonchev–Trinajstić information content (AvgIpc) is 3.13. The van der Waals surface area contributed by atoms with E-state index in [1.165, 1.54) is 11.3 Å². The SMILES string of the molecule is CCOC(=O)c1sc(N2CC(NC(=O)c3nc(Cl)c(CC)[nH]3)C2)nc1C. The zero-order valence-electron chi connectivity index (χ0n) is 14.8. The van der Waals surface area contributed by atoms with Crippen molar-refractivity contribution in [2.24, 2.45) is 0 Å². The lowest BCUT2D eigenvalue weighted by molar-refractivity contribution is 0.0531. The van der Waals surface area contributed by atoms with Gasteiger partial charge in [0.2, 0.25) is 0 Å². The Hall–Kier alpha value is -2.13. The van der Waals surface area contributed by atoms with Crippen LogP contribution in [0.5, 0.6) is 0 Å². The van der Waals surface area contributed by atoms with Crippen molar-refractivity contribution in [1.82, 2.24) is 20.3 Å². The molecule has 10 heteroatoms. The van der Waals surface area contributed by atoms with E-state index in [4.69, 9.17) is 16.3 Å². The van der Waals surface area contributed by atoms with Crippen LogP contribution >= 0.6 is 22.9 Å². The van der Waals surface area contributed by atoms with Gasteiger partial charge in [0.1, 0.15) is 4.88 Å². The number of H-pyrrole nitrogens is 1. The number of aromatic nitrogens is 3. The second-order valence-corrected chi connectivity index (χ2v) is 7.25. The molecule has 26 heavy (non-hydrogen) atoms. The van der Waals surface area contributed by atoms with Gasteiger partial charge >= 0.3 is 5.97 Å². The number of amides is 1. The molecule has 0 saturated carbocycles. The van der Waals surface area contributed by atoms with Crippen molar-refractivity contribution in [3.8, 4) is 0 Å². The highest BCUT2D eigenvalue weighted by molar-refractivity contribution is 7.17. The van der Waals surface area contributed by atoms with Gasteiger partial charge in [0.25, 0.3) is 5.91 Å². The van der Waals surface area contributed by atoms with Gasteiger partial charge in [0, 0.05) is 13.1 Å². The van der Waals surface area contributed by atoms with E-state index in [2.05, 4.69) is 20.3 Å². The standard InChI is InChI=1S/C16H20ClN5O3S/c1-4-10-12(17)21-13(20-10)14(23)19-9-6-22(7-9)16-18-8(3)11(26-16)15(24)25-5-2/h9H,4-7H2,1-3H3,(H,19,23)(H,20,21). The lowest BCUT2D eigenvalue weighted by Crippen LogP contribution is -2.59. The van der Waals surface area contributed by atoms with E-state index in [1.54, 1.807) is 13.8 Å². The molecule has 0 bridgehead atoms. The molecule has 3 heterocycles. The van der Waals surface area contributed by atoms with Gasteiger partial charge in [0.05, 0.1) is 24.0 Å². The Labute approximate surface area is 159 Å². The van der Waals surface area contributed by atoms with Crippen molar-refractivity contribution in [3.63, 3.8) is 0 Å². The highest BCUT2D eigenvalue weighted by Gasteiger charge is 2.32. The molecule has 0 aliphatic carbocycles. The van der Waals surface area contributed by atoms with E-state index >= 15 is 0 Å². The van der Waals surface area contributed by atoms with Crippen LogP contribution in [0.3, 0.4) is 0 Å². The van der Waals surface area contributed by atoms with Gasteiger partial charge in [-0.3, -0.25) is 4.79 Å². The maximum absolute atomic E-state index is 12.2. The number of esters is 1. The minimum absolute atomic E-state index is 0.00768. The number of aryl methyl sites for hydroxylation is 2. The van der Waals surface area contributed by atoms with E-state index in [0.29, 0.717) is 41.8 Å². The normalized spacial score (nSPS) is 14.2. The molecule has 0 aromatic carbocycles. The molecule has 2 aromatic heterocycles. The molecule has 1 aliphatic rings. The van der Waals surface area contributed by atoms with Crippen molar-refractivity contribution >= 4 is 39.9 Å². The summed E-state index contributed by atoms with van der Waals surface area (Å²) in [7, 11) is 0. The number of hydrogen-bond donors (Lipinski definition) is 2. The van der Waals surface area contributed by atoms with Crippen molar-refractivity contribution in [2.45, 2.75) is 33.2 Å². The fraction of sp³-hybridized carbons (Fsp3) is 0.500. The first-order valence-corrected chi connectivity index (χ1v) is 9.57. The van der Waals surface area contributed by atoms with Crippen molar-refractivity contribution in [3.05, 3.63) is 27.2 Å². The molecule has 1 fully saturated rings. The van der Waals surface area contributed by atoms with Crippen LogP contribution in [-0.2, 0) is 11.2 Å². The maximum atomic E-state index is 12.2. The second kappa shape index (κ2) is 7.63. The molecule has 0 unspecified atom stereocenters. The van der Waals surface area contributed by atoms with Gasteiger partial charge in [-0.1, -0.05) is 29.9 Å². The highest BCUT2D eigenvalue weighted by Crippen LogP contribution is 2.29.